The largest absolute Gasteiger partial charge is 0.497 e. The highest BCUT2D eigenvalue weighted by Crippen LogP contribution is 2.25. The fraction of sp³-hybridized carbons (Fsp3) is 0.412. The second-order valence-electron chi connectivity index (χ2n) is 5.07. The average molecular weight is 294 g/mol. The summed E-state index contributed by atoms with van der Waals surface area (Å²) in [6.45, 7) is 2.22. The van der Waals surface area contributed by atoms with Crippen LogP contribution in [0, 0.1) is 0 Å². The summed E-state index contributed by atoms with van der Waals surface area (Å²) in [5, 5.41) is 2.42. The number of hydrogen-bond donors (Lipinski definition) is 1. The Morgan fingerprint density at radius 1 is 1.05 bits per heavy atom. The molecule has 0 aliphatic heterocycles. The molecule has 0 aliphatic carbocycles. The van der Waals surface area contributed by atoms with E-state index in [0.717, 1.165) is 12.2 Å². The van der Waals surface area contributed by atoms with Crippen molar-refractivity contribution in [2.75, 3.05) is 7.11 Å². The first-order chi connectivity index (χ1) is 9.24. The molecule has 1 atom stereocenters. The van der Waals surface area contributed by atoms with E-state index in [2.05, 4.69) is 37.3 Å². The summed E-state index contributed by atoms with van der Waals surface area (Å²) < 4.78 is 5.24. The molecular formula is C17H24ClNO. The maximum Gasteiger partial charge on any atom is 0.119 e. The SMILES string of the molecule is CCCCC[C@@H](N)c1ccc2cc(OC)ccc2c1.Cl. The standard InChI is InChI=1S/C17H23NO.ClH/c1-3-4-5-6-17(18)15-8-7-14-12-16(19-2)10-9-13(14)11-15;/h7-12,17H,3-6,18H2,1-2H3;1H/t17-;/m1./s1. The van der Waals surface area contributed by atoms with E-state index in [1.165, 1.54) is 35.6 Å². The Kier molecular flexibility index (Phi) is 6.83. The third-order valence-corrected chi connectivity index (χ3v) is 3.62. The monoisotopic (exact) mass is 293 g/mol. The first kappa shape index (κ1) is 16.8. The Morgan fingerprint density at radius 3 is 2.45 bits per heavy atom. The zero-order valence-electron chi connectivity index (χ0n) is 12.3. The number of ether oxygens (including phenoxy) is 1. The fourth-order valence-corrected chi connectivity index (χ4v) is 2.38. The molecule has 0 amide bonds. The molecule has 0 heterocycles. The molecule has 0 spiro atoms. The van der Waals surface area contributed by atoms with Gasteiger partial charge in [0.25, 0.3) is 0 Å². The van der Waals surface area contributed by atoms with Crippen molar-refractivity contribution >= 4 is 23.2 Å². The highest BCUT2D eigenvalue weighted by Gasteiger charge is 2.06. The molecule has 0 fully saturated rings. The van der Waals surface area contributed by atoms with Crippen molar-refractivity contribution in [1.82, 2.24) is 0 Å². The van der Waals surface area contributed by atoms with Gasteiger partial charge in [0.2, 0.25) is 0 Å². The van der Waals surface area contributed by atoms with Crippen LogP contribution in [0.4, 0.5) is 0 Å². The highest BCUT2D eigenvalue weighted by atomic mass is 35.5. The Labute approximate surface area is 127 Å². The number of nitrogens with two attached hydrogens (primary N) is 1. The topological polar surface area (TPSA) is 35.2 Å². The number of unbranched alkanes of at least 4 members (excludes halogenated alkanes) is 2. The van der Waals surface area contributed by atoms with E-state index in [9.17, 15) is 0 Å². The molecule has 20 heavy (non-hydrogen) atoms. The lowest BCUT2D eigenvalue weighted by atomic mass is 9.98. The molecule has 2 rings (SSSR count). The molecule has 0 saturated carbocycles. The van der Waals surface area contributed by atoms with Gasteiger partial charge in [-0.2, -0.15) is 0 Å². The molecule has 2 nitrogen and oxygen atoms in total. The van der Waals surface area contributed by atoms with Crippen LogP contribution in [0.1, 0.15) is 44.2 Å². The molecule has 2 N–H and O–H groups in total. The minimum absolute atomic E-state index is 0. The number of benzene rings is 2. The minimum Gasteiger partial charge on any atom is -0.497 e. The molecule has 0 radical (unpaired) electrons. The van der Waals surface area contributed by atoms with Gasteiger partial charge in [0, 0.05) is 6.04 Å². The molecule has 0 saturated heterocycles. The van der Waals surface area contributed by atoms with Crippen molar-refractivity contribution in [1.29, 1.82) is 0 Å². The van der Waals surface area contributed by atoms with E-state index >= 15 is 0 Å². The first-order valence-electron chi connectivity index (χ1n) is 7.08. The molecule has 0 aliphatic rings. The number of hydrogen-bond acceptors (Lipinski definition) is 2. The van der Waals surface area contributed by atoms with Gasteiger partial charge in [0.1, 0.15) is 5.75 Å². The van der Waals surface area contributed by atoms with E-state index in [1.54, 1.807) is 7.11 Å². The van der Waals surface area contributed by atoms with Gasteiger partial charge >= 0.3 is 0 Å². The summed E-state index contributed by atoms with van der Waals surface area (Å²) >= 11 is 0. The van der Waals surface area contributed by atoms with E-state index in [1.807, 2.05) is 6.07 Å². The van der Waals surface area contributed by atoms with Crippen molar-refractivity contribution in [3.05, 3.63) is 42.0 Å². The summed E-state index contributed by atoms with van der Waals surface area (Å²) in [6.07, 6.45) is 4.77. The van der Waals surface area contributed by atoms with E-state index in [0.29, 0.717) is 0 Å². The van der Waals surface area contributed by atoms with Crippen LogP contribution in [-0.4, -0.2) is 7.11 Å². The lowest BCUT2D eigenvalue weighted by Gasteiger charge is -2.13. The first-order valence-corrected chi connectivity index (χ1v) is 7.08. The number of halogens is 1. The maximum atomic E-state index is 6.26. The van der Waals surface area contributed by atoms with Gasteiger partial charge < -0.3 is 10.5 Å². The molecular weight excluding hydrogens is 270 g/mol. The zero-order chi connectivity index (χ0) is 13.7. The number of methoxy groups -OCH3 is 1. The quantitative estimate of drug-likeness (QED) is 0.773. The number of rotatable bonds is 6. The van der Waals surface area contributed by atoms with Gasteiger partial charge in [-0.25, -0.2) is 0 Å². The van der Waals surface area contributed by atoms with Crippen LogP contribution in [0.5, 0.6) is 5.75 Å². The van der Waals surface area contributed by atoms with Crippen LogP contribution >= 0.6 is 12.4 Å². The second-order valence-corrected chi connectivity index (χ2v) is 5.07. The smallest absolute Gasteiger partial charge is 0.119 e. The number of fused-ring (bicyclic) bond motifs is 1. The summed E-state index contributed by atoms with van der Waals surface area (Å²) in [7, 11) is 1.69. The van der Waals surface area contributed by atoms with Crippen LogP contribution in [0.3, 0.4) is 0 Å². The lowest BCUT2D eigenvalue weighted by molar-refractivity contribution is 0.415. The van der Waals surface area contributed by atoms with Crippen LogP contribution in [0.15, 0.2) is 36.4 Å². The molecule has 0 bridgehead atoms. The summed E-state index contributed by atoms with van der Waals surface area (Å²) in [5.41, 5.74) is 7.49. The summed E-state index contributed by atoms with van der Waals surface area (Å²) in [6, 6.07) is 12.8. The Balaban J connectivity index is 0.00000200. The minimum atomic E-state index is 0. The third-order valence-electron chi connectivity index (χ3n) is 3.62. The van der Waals surface area contributed by atoms with Crippen LogP contribution < -0.4 is 10.5 Å². The third kappa shape index (κ3) is 4.12. The van der Waals surface area contributed by atoms with Crippen LogP contribution in [0.25, 0.3) is 10.8 Å². The van der Waals surface area contributed by atoms with Gasteiger partial charge in [-0.1, -0.05) is 44.4 Å². The Bertz CT molecular complexity index is 542. The highest BCUT2D eigenvalue weighted by molar-refractivity contribution is 5.85. The van der Waals surface area contributed by atoms with Gasteiger partial charge in [0.05, 0.1) is 7.11 Å². The Hall–Kier alpha value is -1.25. The van der Waals surface area contributed by atoms with Crippen molar-refractivity contribution in [3.8, 4) is 5.75 Å². The molecule has 3 heteroatoms. The summed E-state index contributed by atoms with van der Waals surface area (Å²) in [5.74, 6) is 0.896. The second kappa shape index (κ2) is 8.13. The van der Waals surface area contributed by atoms with E-state index < -0.39 is 0 Å². The van der Waals surface area contributed by atoms with Crippen molar-refractivity contribution < 1.29 is 4.74 Å². The maximum absolute atomic E-state index is 6.26. The molecule has 0 unspecified atom stereocenters. The van der Waals surface area contributed by atoms with E-state index in [-0.39, 0.29) is 18.4 Å². The molecule has 0 aromatic heterocycles. The van der Waals surface area contributed by atoms with Crippen LogP contribution in [0.2, 0.25) is 0 Å². The molecule has 2 aromatic rings. The van der Waals surface area contributed by atoms with E-state index in [4.69, 9.17) is 10.5 Å². The van der Waals surface area contributed by atoms with Crippen molar-refractivity contribution in [2.24, 2.45) is 5.73 Å². The zero-order valence-corrected chi connectivity index (χ0v) is 13.1. The predicted molar refractivity (Wildman–Crippen MR) is 88.8 cm³/mol. The lowest BCUT2D eigenvalue weighted by Crippen LogP contribution is -2.09. The average Bonchev–Trinajstić information content (AvgIpc) is 2.46. The van der Waals surface area contributed by atoms with Gasteiger partial charge in [-0.3, -0.25) is 0 Å². The van der Waals surface area contributed by atoms with Crippen molar-refractivity contribution in [3.63, 3.8) is 0 Å². The van der Waals surface area contributed by atoms with Gasteiger partial charge in [-0.05, 0) is 41.0 Å². The normalized spacial score (nSPS) is 11.9. The van der Waals surface area contributed by atoms with Crippen LogP contribution in [-0.2, 0) is 0 Å². The van der Waals surface area contributed by atoms with Gasteiger partial charge in [-0.15, -0.1) is 12.4 Å². The predicted octanol–water partition coefficient (Wildman–Crippen LogP) is 4.85. The Morgan fingerprint density at radius 2 is 1.75 bits per heavy atom. The van der Waals surface area contributed by atoms with Crippen molar-refractivity contribution in [2.45, 2.75) is 38.6 Å². The molecule has 2 aromatic carbocycles. The summed E-state index contributed by atoms with van der Waals surface area (Å²) in [4.78, 5) is 0. The fourth-order valence-electron chi connectivity index (χ4n) is 2.38. The molecule has 110 valence electrons. The van der Waals surface area contributed by atoms with Gasteiger partial charge in [0.15, 0.2) is 0 Å².